The minimum Gasteiger partial charge on any atom is -0.397 e. The molecule has 2 aliphatic rings. The number of hydrogen-bond donors (Lipinski definition) is 1. The third-order valence-electron chi connectivity index (χ3n) is 3.03. The number of hydrogen-bond acceptors (Lipinski definition) is 4. The van der Waals surface area contributed by atoms with Crippen molar-refractivity contribution in [3.8, 4) is 0 Å². The number of likely N-dealkylation sites (tertiary alicyclic amines) is 1. The van der Waals surface area contributed by atoms with Crippen molar-refractivity contribution in [2.75, 3.05) is 19.6 Å². The Balaban J connectivity index is 2.07. The fourth-order valence-corrected chi connectivity index (χ4v) is 3.16. The Labute approximate surface area is 96.1 Å². The van der Waals surface area contributed by atoms with Crippen LogP contribution in [0, 0.1) is 0 Å². The molecule has 0 aromatic carbocycles. The van der Waals surface area contributed by atoms with Crippen LogP contribution < -0.4 is 5.73 Å². The summed E-state index contributed by atoms with van der Waals surface area (Å²) in [6.07, 6.45) is 5.97. The van der Waals surface area contributed by atoms with Gasteiger partial charge in [-0.05, 0) is 25.9 Å². The monoisotopic (exact) mass is 243 g/mol. The fourth-order valence-electron chi connectivity index (χ4n) is 2.08. The van der Waals surface area contributed by atoms with Crippen molar-refractivity contribution in [3.05, 3.63) is 10.6 Å². The highest BCUT2D eigenvalue weighted by Gasteiger charge is 2.26. The highest BCUT2D eigenvalue weighted by atomic mass is 32.2. The zero-order valence-electron chi connectivity index (χ0n) is 9.22. The Hall–Kier alpha value is -0.880. The van der Waals surface area contributed by atoms with Crippen LogP contribution in [0.15, 0.2) is 15.0 Å². The van der Waals surface area contributed by atoms with E-state index in [0.29, 0.717) is 12.2 Å². The molecule has 0 bridgehead atoms. The number of nitrogens with zero attached hydrogens (tertiary/aromatic N) is 2. The molecule has 2 heterocycles. The van der Waals surface area contributed by atoms with Crippen LogP contribution in [0.3, 0.4) is 0 Å². The molecule has 0 aromatic rings. The van der Waals surface area contributed by atoms with Crippen LogP contribution in [0.5, 0.6) is 0 Å². The van der Waals surface area contributed by atoms with E-state index in [1.807, 2.05) is 0 Å². The summed E-state index contributed by atoms with van der Waals surface area (Å²) in [5, 5.41) is 0. The van der Waals surface area contributed by atoms with Crippen LogP contribution in [0.2, 0.25) is 0 Å². The predicted molar refractivity (Wildman–Crippen MR) is 63.5 cm³/mol. The molecule has 0 atom stereocenters. The van der Waals surface area contributed by atoms with E-state index < -0.39 is 10.0 Å². The van der Waals surface area contributed by atoms with Gasteiger partial charge in [0, 0.05) is 6.54 Å². The molecule has 0 saturated carbocycles. The maximum atomic E-state index is 11.6. The van der Waals surface area contributed by atoms with Crippen molar-refractivity contribution in [3.63, 3.8) is 0 Å². The lowest BCUT2D eigenvalue weighted by atomic mass is 10.2. The van der Waals surface area contributed by atoms with E-state index in [0.717, 1.165) is 25.9 Å². The molecule has 16 heavy (non-hydrogen) atoms. The topological polar surface area (TPSA) is 75.8 Å². The predicted octanol–water partition coefficient (Wildman–Crippen LogP) is 0.447. The van der Waals surface area contributed by atoms with E-state index in [9.17, 15) is 8.42 Å². The summed E-state index contributed by atoms with van der Waals surface area (Å²) >= 11 is 0. The zero-order valence-corrected chi connectivity index (χ0v) is 10.0. The van der Waals surface area contributed by atoms with E-state index in [-0.39, 0.29) is 4.91 Å². The standard InChI is InChI=1S/C10H17N3O2S/c11-9-7-12-16(14,15)10(9)8-13-5-3-1-2-4-6-13/h7H,1-6,8,11H2. The lowest BCUT2D eigenvalue weighted by Crippen LogP contribution is -2.29. The summed E-state index contributed by atoms with van der Waals surface area (Å²) in [5.41, 5.74) is 5.93. The van der Waals surface area contributed by atoms with Crippen molar-refractivity contribution in [2.45, 2.75) is 25.7 Å². The molecule has 1 saturated heterocycles. The van der Waals surface area contributed by atoms with Gasteiger partial charge in [-0.1, -0.05) is 12.8 Å². The summed E-state index contributed by atoms with van der Waals surface area (Å²) in [4.78, 5) is 2.43. The van der Waals surface area contributed by atoms with Crippen LogP contribution in [-0.4, -0.2) is 39.2 Å². The van der Waals surface area contributed by atoms with Gasteiger partial charge >= 0.3 is 0 Å². The van der Waals surface area contributed by atoms with Gasteiger partial charge in [0.25, 0.3) is 10.0 Å². The third kappa shape index (κ3) is 2.44. The van der Waals surface area contributed by atoms with Gasteiger partial charge in [-0.3, -0.25) is 4.90 Å². The van der Waals surface area contributed by atoms with Gasteiger partial charge in [0.05, 0.1) is 11.9 Å². The molecule has 6 heteroatoms. The maximum Gasteiger partial charge on any atom is 0.281 e. The Kier molecular flexibility index (Phi) is 3.30. The number of rotatable bonds is 2. The molecule has 0 unspecified atom stereocenters. The van der Waals surface area contributed by atoms with Gasteiger partial charge in [0.1, 0.15) is 4.91 Å². The first-order chi connectivity index (χ1) is 7.59. The molecule has 2 N–H and O–H groups in total. The minimum absolute atomic E-state index is 0.273. The van der Waals surface area contributed by atoms with Crippen LogP contribution in [0.4, 0.5) is 0 Å². The van der Waals surface area contributed by atoms with Gasteiger partial charge in [-0.2, -0.15) is 12.8 Å². The number of allylic oxidation sites excluding steroid dienone is 1. The van der Waals surface area contributed by atoms with Crippen molar-refractivity contribution in [1.29, 1.82) is 0 Å². The summed E-state index contributed by atoms with van der Waals surface area (Å²) in [6.45, 7) is 2.31. The summed E-state index contributed by atoms with van der Waals surface area (Å²) in [7, 11) is -3.47. The average molecular weight is 243 g/mol. The highest BCUT2D eigenvalue weighted by molar-refractivity contribution is 7.94. The van der Waals surface area contributed by atoms with E-state index in [1.165, 1.54) is 19.1 Å². The highest BCUT2D eigenvalue weighted by Crippen LogP contribution is 2.20. The van der Waals surface area contributed by atoms with Gasteiger partial charge in [-0.25, -0.2) is 0 Å². The molecule has 2 rings (SSSR count). The third-order valence-corrected chi connectivity index (χ3v) is 4.40. The summed E-state index contributed by atoms with van der Waals surface area (Å²) < 4.78 is 26.6. The molecule has 0 amide bonds. The normalized spacial score (nSPS) is 26.0. The zero-order chi connectivity index (χ0) is 11.6. The Morgan fingerprint density at radius 3 is 2.38 bits per heavy atom. The number of nitrogens with two attached hydrogens (primary N) is 1. The second kappa shape index (κ2) is 4.55. The van der Waals surface area contributed by atoms with Crippen LogP contribution in [0.1, 0.15) is 25.7 Å². The molecule has 1 fully saturated rings. The fraction of sp³-hybridized carbons (Fsp3) is 0.700. The summed E-state index contributed by atoms with van der Waals surface area (Å²) in [5.74, 6) is 0. The molecule has 5 nitrogen and oxygen atoms in total. The molecule has 0 spiro atoms. The van der Waals surface area contributed by atoms with E-state index in [1.54, 1.807) is 0 Å². The molecular weight excluding hydrogens is 226 g/mol. The van der Waals surface area contributed by atoms with E-state index in [2.05, 4.69) is 9.30 Å². The Morgan fingerprint density at radius 2 is 1.88 bits per heavy atom. The minimum atomic E-state index is -3.47. The van der Waals surface area contributed by atoms with Crippen LogP contribution in [0.25, 0.3) is 0 Å². The van der Waals surface area contributed by atoms with Gasteiger partial charge in [0.2, 0.25) is 0 Å². The Bertz CT molecular complexity index is 417. The quantitative estimate of drug-likeness (QED) is 0.764. The number of sulfonamides is 1. The van der Waals surface area contributed by atoms with Crippen LogP contribution >= 0.6 is 0 Å². The first-order valence-corrected chi connectivity index (χ1v) is 7.05. The Morgan fingerprint density at radius 1 is 1.25 bits per heavy atom. The smallest absolute Gasteiger partial charge is 0.281 e. The van der Waals surface area contributed by atoms with Crippen LogP contribution in [-0.2, 0) is 10.0 Å². The molecular formula is C10H17N3O2S. The molecule has 2 aliphatic heterocycles. The van der Waals surface area contributed by atoms with Gasteiger partial charge < -0.3 is 5.73 Å². The van der Waals surface area contributed by atoms with E-state index >= 15 is 0 Å². The molecule has 0 aliphatic carbocycles. The molecule has 0 radical (unpaired) electrons. The second-order valence-electron chi connectivity index (χ2n) is 4.28. The summed E-state index contributed by atoms with van der Waals surface area (Å²) in [6, 6.07) is 0. The van der Waals surface area contributed by atoms with E-state index in [4.69, 9.17) is 5.73 Å². The van der Waals surface area contributed by atoms with Gasteiger partial charge in [0.15, 0.2) is 0 Å². The molecule has 0 aromatic heterocycles. The first-order valence-electron chi connectivity index (χ1n) is 5.61. The molecule has 90 valence electrons. The lowest BCUT2D eigenvalue weighted by Gasteiger charge is -2.19. The van der Waals surface area contributed by atoms with Crippen molar-refractivity contribution in [2.24, 2.45) is 10.1 Å². The largest absolute Gasteiger partial charge is 0.397 e. The van der Waals surface area contributed by atoms with Crippen molar-refractivity contribution < 1.29 is 8.42 Å². The maximum absolute atomic E-state index is 11.6. The first kappa shape index (κ1) is 11.6. The SMILES string of the molecule is NC1=C(CN2CCCCCC2)S(=O)(=O)N=C1. The van der Waals surface area contributed by atoms with Crippen molar-refractivity contribution >= 4 is 16.2 Å². The van der Waals surface area contributed by atoms with Crippen molar-refractivity contribution in [1.82, 2.24) is 4.90 Å². The average Bonchev–Trinajstić information content (AvgIpc) is 2.49. The second-order valence-corrected chi connectivity index (χ2v) is 5.93. The van der Waals surface area contributed by atoms with Gasteiger partial charge in [-0.15, -0.1) is 0 Å². The lowest BCUT2D eigenvalue weighted by molar-refractivity contribution is 0.312.